The molecule has 0 spiro atoms. The molecule has 27 heavy (non-hydrogen) atoms. The van der Waals surface area contributed by atoms with Crippen molar-refractivity contribution < 1.29 is 5.11 Å². The third kappa shape index (κ3) is 3.57. The van der Waals surface area contributed by atoms with Crippen LogP contribution in [0.15, 0.2) is 46.4 Å². The zero-order valence-corrected chi connectivity index (χ0v) is 15.9. The monoisotopic (exact) mass is 415 g/mol. The maximum Gasteiger partial charge on any atom is 0.231 e. The Morgan fingerprint density at radius 1 is 1.15 bits per heavy atom. The Balaban J connectivity index is 1.70. The van der Waals surface area contributed by atoms with Crippen LogP contribution in [-0.4, -0.2) is 22.3 Å². The molecule has 2 aromatic carbocycles. The van der Waals surface area contributed by atoms with Gasteiger partial charge in [-0.15, -0.1) is 0 Å². The van der Waals surface area contributed by atoms with Crippen LogP contribution in [0.25, 0.3) is 6.08 Å². The zero-order valence-electron chi connectivity index (χ0n) is 13.6. The van der Waals surface area contributed by atoms with E-state index >= 15 is 0 Å². The highest BCUT2D eigenvalue weighted by Crippen LogP contribution is 2.36. The quantitative estimate of drug-likeness (QED) is 0.608. The summed E-state index contributed by atoms with van der Waals surface area (Å²) in [6.45, 7) is 0. The van der Waals surface area contributed by atoms with Crippen molar-refractivity contribution in [3.8, 4) is 5.88 Å². The summed E-state index contributed by atoms with van der Waals surface area (Å²) in [4.78, 5) is 12.7. The lowest BCUT2D eigenvalue weighted by Crippen LogP contribution is -2.21. The summed E-state index contributed by atoms with van der Waals surface area (Å²) in [5.74, 6) is 0.0423. The molecule has 0 unspecified atom stereocenters. The lowest BCUT2D eigenvalue weighted by Gasteiger charge is -2.06. The molecule has 1 aliphatic heterocycles. The minimum Gasteiger partial charge on any atom is -0.492 e. The standard InChI is InChI=1S/C18H11Cl2N5OS/c19-11-2-1-3-12(20)15(11)24-18-25-17(26)14(27-18)7-9-4-5-13-10(6-9)16(21)23-8-22-13/h1-8,21,26H,(H,24,25). The van der Waals surface area contributed by atoms with Crippen LogP contribution in [0.2, 0.25) is 10.0 Å². The third-order valence-electron chi connectivity index (χ3n) is 3.79. The van der Waals surface area contributed by atoms with E-state index in [0.717, 1.165) is 5.22 Å². The van der Waals surface area contributed by atoms with Crippen LogP contribution < -0.4 is 15.9 Å². The number of aromatic hydroxyl groups is 1. The molecule has 0 fully saturated rings. The highest BCUT2D eigenvalue weighted by molar-refractivity contribution is 7.16. The van der Waals surface area contributed by atoms with Crippen molar-refractivity contribution in [2.24, 2.45) is 9.98 Å². The lowest BCUT2D eigenvalue weighted by molar-refractivity contribution is 0.457. The Kier molecular flexibility index (Phi) is 4.65. The number of nitrogens with zero attached hydrogens (tertiary/aromatic N) is 3. The average molecular weight is 416 g/mol. The first-order valence-electron chi connectivity index (χ1n) is 7.73. The molecule has 0 bridgehead atoms. The van der Waals surface area contributed by atoms with Crippen molar-refractivity contribution >= 4 is 63.6 Å². The fourth-order valence-electron chi connectivity index (χ4n) is 2.51. The number of fused-ring (bicyclic) bond motifs is 1. The number of amidine groups is 1. The van der Waals surface area contributed by atoms with E-state index in [9.17, 15) is 5.11 Å². The molecule has 3 N–H and O–H groups in total. The van der Waals surface area contributed by atoms with Gasteiger partial charge in [-0.2, -0.15) is 4.98 Å². The van der Waals surface area contributed by atoms with Gasteiger partial charge in [0, 0.05) is 5.56 Å². The van der Waals surface area contributed by atoms with E-state index in [1.807, 2.05) is 12.1 Å². The van der Waals surface area contributed by atoms with Crippen molar-refractivity contribution in [1.82, 2.24) is 4.98 Å². The maximum atomic E-state index is 10.2. The number of para-hydroxylation sites is 1. The molecule has 2 heterocycles. The first kappa shape index (κ1) is 17.7. The molecule has 4 rings (SSSR count). The second-order valence-electron chi connectivity index (χ2n) is 5.57. The third-order valence-corrected chi connectivity index (χ3v) is 5.32. The summed E-state index contributed by atoms with van der Waals surface area (Å²) in [5.41, 5.74) is 1.17. The molecule has 1 aliphatic rings. The van der Waals surface area contributed by atoms with Crippen molar-refractivity contribution in [2.45, 2.75) is 0 Å². The number of benzene rings is 2. The van der Waals surface area contributed by atoms with Gasteiger partial charge in [0.1, 0.15) is 6.34 Å². The van der Waals surface area contributed by atoms with Crippen LogP contribution in [0, 0.1) is 5.41 Å². The van der Waals surface area contributed by atoms with E-state index in [1.54, 1.807) is 30.3 Å². The van der Waals surface area contributed by atoms with Gasteiger partial charge in [0.15, 0.2) is 11.0 Å². The van der Waals surface area contributed by atoms with E-state index in [4.69, 9.17) is 28.6 Å². The van der Waals surface area contributed by atoms with Gasteiger partial charge in [-0.1, -0.05) is 46.7 Å². The summed E-state index contributed by atoms with van der Waals surface area (Å²) >= 11 is 13.6. The molecular formula is C18H11Cl2N5OS. The van der Waals surface area contributed by atoms with Gasteiger partial charge < -0.3 is 10.4 Å². The highest BCUT2D eigenvalue weighted by Gasteiger charge is 2.12. The normalized spacial score (nSPS) is 13.4. The van der Waals surface area contributed by atoms with Crippen molar-refractivity contribution in [2.75, 3.05) is 5.32 Å². The topological polar surface area (TPSA) is 93.7 Å². The van der Waals surface area contributed by atoms with E-state index in [1.165, 1.54) is 17.7 Å². The summed E-state index contributed by atoms with van der Waals surface area (Å²) < 4.78 is 0. The molecule has 134 valence electrons. The lowest BCUT2D eigenvalue weighted by atomic mass is 10.1. The van der Waals surface area contributed by atoms with Gasteiger partial charge >= 0.3 is 0 Å². The van der Waals surface area contributed by atoms with Gasteiger partial charge in [0.05, 0.1) is 26.0 Å². The van der Waals surface area contributed by atoms with E-state index in [0.29, 0.717) is 36.7 Å². The molecule has 0 saturated heterocycles. The highest BCUT2D eigenvalue weighted by atomic mass is 35.5. The molecule has 1 aromatic heterocycles. The summed E-state index contributed by atoms with van der Waals surface area (Å²) in [6.07, 6.45) is 3.14. The number of nitrogens with one attached hydrogen (secondary N) is 2. The Morgan fingerprint density at radius 2 is 1.93 bits per heavy atom. The number of hydrogen-bond donors (Lipinski definition) is 3. The van der Waals surface area contributed by atoms with Crippen LogP contribution in [-0.2, 0) is 0 Å². The fourth-order valence-corrected chi connectivity index (χ4v) is 3.83. The summed E-state index contributed by atoms with van der Waals surface area (Å²) in [6, 6.07) is 10.6. The van der Waals surface area contributed by atoms with Crippen molar-refractivity contribution in [3.05, 3.63) is 67.5 Å². The molecule has 0 saturated carbocycles. The Labute approximate surface area is 167 Å². The van der Waals surface area contributed by atoms with E-state index < -0.39 is 0 Å². The van der Waals surface area contributed by atoms with Crippen LogP contribution in [0.4, 0.5) is 10.8 Å². The number of aromatic nitrogens is 1. The van der Waals surface area contributed by atoms with Crippen LogP contribution >= 0.6 is 34.5 Å². The molecule has 0 radical (unpaired) electrons. The van der Waals surface area contributed by atoms with Gasteiger partial charge in [-0.25, -0.2) is 9.98 Å². The fraction of sp³-hybridized carbons (Fsp3) is 0. The van der Waals surface area contributed by atoms with Crippen molar-refractivity contribution in [3.63, 3.8) is 0 Å². The molecule has 0 amide bonds. The largest absolute Gasteiger partial charge is 0.492 e. The second-order valence-corrected chi connectivity index (χ2v) is 7.42. The number of hydrogen-bond acceptors (Lipinski definition) is 6. The predicted octanol–water partition coefficient (Wildman–Crippen LogP) is 3.71. The van der Waals surface area contributed by atoms with E-state index in [2.05, 4.69) is 20.3 Å². The van der Waals surface area contributed by atoms with Gasteiger partial charge in [-0.05, 0) is 35.6 Å². The van der Waals surface area contributed by atoms with Gasteiger partial charge in [-0.3, -0.25) is 5.41 Å². The average Bonchev–Trinajstić information content (AvgIpc) is 2.98. The van der Waals surface area contributed by atoms with Crippen LogP contribution in [0.1, 0.15) is 10.4 Å². The predicted molar refractivity (Wildman–Crippen MR) is 110 cm³/mol. The minimum atomic E-state index is -0.110. The second kappa shape index (κ2) is 7.11. The maximum absolute atomic E-state index is 10.2. The van der Waals surface area contributed by atoms with Crippen LogP contribution in [0.5, 0.6) is 5.88 Å². The SMILES string of the molecule is N=C1N=CN=c2ccc(=Cc3sc(Nc4c(Cl)cccc4Cl)nc3O)cc21. The number of thiazole rings is 1. The number of halogens is 2. The zero-order chi connectivity index (χ0) is 19.0. The Hall–Kier alpha value is -2.74. The molecule has 3 aromatic rings. The van der Waals surface area contributed by atoms with E-state index in [-0.39, 0.29) is 11.7 Å². The molecule has 0 atom stereocenters. The number of anilines is 2. The molecular weight excluding hydrogens is 405 g/mol. The number of aliphatic imine (C=N–C) groups is 1. The minimum absolute atomic E-state index is 0.110. The number of rotatable bonds is 3. The van der Waals surface area contributed by atoms with Crippen molar-refractivity contribution in [1.29, 1.82) is 5.41 Å². The molecule has 0 aliphatic carbocycles. The smallest absolute Gasteiger partial charge is 0.231 e. The van der Waals surface area contributed by atoms with Gasteiger partial charge in [0.25, 0.3) is 0 Å². The molecule has 6 nitrogen and oxygen atoms in total. The summed E-state index contributed by atoms with van der Waals surface area (Å²) in [5, 5.41) is 24.0. The molecule has 9 heteroatoms. The Bertz CT molecular complexity index is 1200. The first-order chi connectivity index (χ1) is 13.0. The van der Waals surface area contributed by atoms with Gasteiger partial charge in [0.2, 0.25) is 5.88 Å². The first-order valence-corrected chi connectivity index (χ1v) is 9.30. The summed E-state index contributed by atoms with van der Waals surface area (Å²) in [7, 11) is 0. The van der Waals surface area contributed by atoms with Crippen LogP contribution in [0.3, 0.4) is 0 Å². The Morgan fingerprint density at radius 3 is 2.70 bits per heavy atom.